The van der Waals surface area contributed by atoms with Gasteiger partial charge in [0.15, 0.2) is 6.73 Å². The van der Waals surface area contributed by atoms with E-state index in [0.717, 1.165) is 11.5 Å². The number of carbonyl (C=O) groups is 1. The zero-order chi connectivity index (χ0) is 15.2. The Morgan fingerprint density at radius 3 is 2.62 bits per heavy atom. The molecule has 1 heterocycles. The minimum atomic E-state index is -0.175. The number of ether oxygens (including phenoxy) is 1. The van der Waals surface area contributed by atoms with Crippen molar-refractivity contribution in [2.24, 2.45) is 0 Å². The van der Waals surface area contributed by atoms with Gasteiger partial charge >= 0.3 is 0 Å². The molecule has 0 aliphatic rings. The van der Waals surface area contributed by atoms with Gasteiger partial charge in [-0.25, -0.2) is 4.98 Å². The molecule has 0 unspecified atom stereocenters. The summed E-state index contributed by atoms with van der Waals surface area (Å²) >= 11 is 0. The molecule has 0 aliphatic heterocycles. The largest absolute Gasteiger partial charge is 0.456 e. The van der Waals surface area contributed by atoms with Gasteiger partial charge < -0.3 is 10.1 Å². The Balaban J connectivity index is 1.93. The quantitative estimate of drug-likeness (QED) is 0.858. The lowest BCUT2D eigenvalue weighted by Crippen LogP contribution is -2.28. The van der Waals surface area contributed by atoms with Gasteiger partial charge in [-0.15, -0.1) is 0 Å². The van der Waals surface area contributed by atoms with Gasteiger partial charge in [0.2, 0.25) is 5.88 Å². The van der Waals surface area contributed by atoms with Crippen molar-refractivity contribution in [2.75, 3.05) is 6.73 Å². The molecular formula is C16H19N3O2. The Bertz CT molecular complexity index is 612. The molecule has 5 heteroatoms. The van der Waals surface area contributed by atoms with Gasteiger partial charge in [-0.1, -0.05) is 32.0 Å². The maximum Gasteiger partial charge on any atom is 0.253 e. The SMILES string of the molecule is Cc1cc(OCNC(=O)c2ccccc2)nc(C(C)C)n1. The number of aryl methyl sites for hydroxylation is 1. The van der Waals surface area contributed by atoms with Crippen molar-refractivity contribution in [1.29, 1.82) is 0 Å². The summed E-state index contributed by atoms with van der Waals surface area (Å²) in [5, 5.41) is 2.69. The van der Waals surface area contributed by atoms with E-state index in [1.54, 1.807) is 18.2 Å². The first-order valence-electron chi connectivity index (χ1n) is 6.88. The van der Waals surface area contributed by atoms with Crippen molar-refractivity contribution in [3.63, 3.8) is 0 Å². The van der Waals surface area contributed by atoms with Crippen molar-refractivity contribution in [1.82, 2.24) is 15.3 Å². The molecular weight excluding hydrogens is 266 g/mol. The average molecular weight is 285 g/mol. The maximum absolute atomic E-state index is 11.9. The first-order chi connectivity index (χ1) is 10.1. The van der Waals surface area contributed by atoms with Crippen LogP contribution in [0.5, 0.6) is 5.88 Å². The van der Waals surface area contributed by atoms with E-state index in [-0.39, 0.29) is 18.6 Å². The lowest BCUT2D eigenvalue weighted by Gasteiger charge is -2.10. The molecule has 0 saturated heterocycles. The summed E-state index contributed by atoms with van der Waals surface area (Å²) < 4.78 is 5.49. The van der Waals surface area contributed by atoms with Crippen molar-refractivity contribution in [2.45, 2.75) is 26.7 Å². The normalized spacial score (nSPS) is 10.5. The Hall–Kier alpha value is -2.43. The Labute approximate surface area is 124 Å². The zero-order valence-electron chi connectivity index (χ0n) is 12.5. The smallest absolute Gasteiger partial charge is 0.253 e. The number of amides is 1. The number of benzene rings is 1. The topological polar surface area (TPSA) is 64.1 Å². The number of hydrogen-bond acceptors (Lipinski definition) is 4. The second kappa shape index (κ2) is 6.83. The van der Waals surface area contributed by atoms with Gasteiger partial charge in [-0.3, -0.25) is 4.79 Å². The Morgan fingerprint density at radius 1 is 1.24 bits per heavy atom. The van der Waals surface area contributed by atoms with Crippen LogP contribution in [0.25, 0.3) is 0 Å². The highest BCUT2D eigenvalue weighted by atomic mass is 16.5. The highest BCUT2D eigenvalue weighted by Crippen LogP contribution is 2.14. The third kappa shape index (κ3) is 4.27. The summed E-state index contributed by atoms with van der Waals surface area (Å²) in [6.45, 7) is 6.01. The van der Waals surface area contributed by atoms with Crippen LogP contribution in [0.1, 0.15) is 41.6 Å². The van der Waals surface area contributed by atoms with Crippen LogP contribution in [-0.2, 0) is 0 Å². The second-order valence-corrected chi connectivity index (χ2v) is 5.02. The summed E-state index contributed by atoms with van der Waals surface area (Å²) in [6, 6.07) is 10.8. The fraction of sp³-hybridized carbons (Fsp3) is 0.312. The van der Waals surface area contributed by atoms with Gasteiger partial charge in [-0.2, -0.15) is 4.98 Å². The zero-order valence-corrected chi connectivity index (χ0v) is 12.5. The summed E-state index contributed by atoms with van der Waals surface area (Å²) in [7, 11) is 0. The minimum absolute atomic E-state index is 0.0711. The van der Waals surface area contributed by atoms with Crippen LogP contribution in [0, 0.1) is 6.92 Å². The molecule has 0 fully saturated rings. The first kappa shape index (κ1) is 15.0. The molecule has 2 aromatic rings. The number of aromatic nitrogens is 2. The number of rotatable bonds is 5. The number of carbonyl (C=O) groups excluding carboxylic acids is 1. The summed E-state index contributed by atoms with van der Waals surface area (Å²) in [5.41, 5.74) is 1.45. The Morgan fingerprint density at radius 2 is 1.95 bits per heavy atom. The molecule has 110 valence electrons. The van der Waals surface area contributed by atoms with Gasteiger partial charge in [0.1, 0.15) is 5.82 Å². The number of hydrogen-bond donors (Lipinski definition) is 1. The lowest BCUT2D eigenvalue weighted by molar-refractivity contribution is 0.0917. The van der Waals surface area contributed by atoms with Crippen LogP contribution in [0.3, 0.4) is 0 Å². The fourth-order valence-electron chi connectivity index (χ4n) is 1.76. The third-order valence-electron chi connectivity index (χ3n) is 2.85. The van der Waals surface area contributed by atoms with Gasteiger partial charge in [0.25, 0.3) is 5.91 Å². The van der Waals surface area contributed by atoms with E-state index in [1.807, 2.05) is 39.0 Å². The summed E-state index contributed by atoms with van der Waals surface area (Å²) in [5.74, 6) is 1.26. The fourth-order valence-corrected chi connectivity index (χ4v) is 1.76. The van der Waals surface area contributed by atoms with Gasteiger partial charge in [0, 0.05) is 23.2 Å². The van der Waals surface area contributed by atoms with Crippen molar-refractivity contribution in [3.8, 4) is 5.88 Å². The van der Waals surface area contributed by atoms with Crippen molar-refractivity contribution < 1.29 is 9.53 Å². The van der Waals surface area contributed by atoms with Crippen LogP contribution in [0.2, 0.25) is 0 Å². The van der Waals surface area contributed by atoms with Crippen LogP contribution < -0.4 is 10.1 Å². The molecule has 2 rings (SSSR count). The van der Waals surface area contributed by atoms with E-state index in [0.29, 0.717) is 11.4 Å². The average Bonchev–Trinajstić information content (AvgIpc) is 2.47. The number of nitrogens with zero attached hydrogens (tertiary/aromatic N) is 2. The molecule has 0 atom stereocenters. The van der Waals surface area contributed by atoms with Crippen LogP contribution in [-0.4, -0.2) is 22.6 Å². The number of nitrogens with one attached hydrogen (secondary N) is 1. The van der Waals surface area contributed by atoms with Crippen LogP contribution >= 0.6 is 0 Å². The molecule has 0 bridgehead atoms. The monoisotopic (exact) mass is 285 g/mol. The molecule has 5 nitrogen and oxygen atoms in total. The van der Waals surface area contributed by atoms with E-state index in [2.05, 4.69) is 15.3 Å². The molecule has 1 amide bonds. The van der Waals surface area contributed by atoms with Gasteiger partial charge in [0.05, 0.1) is 0 Å². The van der Waals surface area contributed by atoms with E-state index < -0.39 is 0 Å². The van der Waals surface area contributed by atoms with Crippen LogP contribution in [0.15, 0.2) is 36.4 Å². The molecule has 1 aromatic heterocycles. The maximum atomic E-state index is 11.9. The van der Waals surface area contributed by atoms with Crippen molar-refractivity contribution >= 4 is 5.91 Å². The molecule has 0 saturated carbocycles. The third-order valence-corrected chi connectivity index (χ3v) is 2.85. The van der Waals surface area contributed by atoms with E-state index in [4.69, 9.17) is 4.74 Å². The highest BCUT2D eigenvalue weighted by molar-refractivity contribution is 5.93. The molecule has 1 N–H and O–H groups in total. The van der Waals surface area contributed by atoms with Crippen LogP contribution in [0.4, 0.5) is 0 Å². The second-order valence-electron chi connectivity index (χ2n) is 5.02. The predicted molar refractivity (Wildman–Crippen MR) is 80.3 cm³/mol. The highest BCUT2D eigenvalue weighted by Gasteiger charge is 2.08. The van der Waals surface area contributed by atoms with E-state index >= 15 is 0 Å². The predicted octanol–water partition coefficient (Wildman–Crippen LogP) is 2.67. The molecule has 0 aliphatic carbocycles. The first-order valence-corrected chi connectivity index (χ1v) is 6.88. The molecule has 1 aromatic carbocycles. The molecule has 0 radical (unpaired) electrons. The summed E-state index contributed by atoms with van der Waals surface area (Å²) in [4.78, 5) is 20.5. The van der Waals surface area contributed by atoms with Gasteiger partial charge in [-0.05, 0) is 19.1 Å². The van der Waals surface area contributed by atoms with Crippen molar-refractivity contribution in [3.05, 3.63) is 53.5 Å². The standard InChI is InChI=1S/C16H19N3O2/c1-11(2)15-18-12(3)9-14(19-15)21-10-17-16(20)13-7-5-4-6-8-13/h4-9,11H,10H2,1-3H3,(H,17,20). The lowest BCUT2D eigenvalue weighted by atomic mass is 10.2. The molecule has 0 spiro atoms. The minimum Gasteiger partial charge on any atom is -0.456 e. The summed E-state index contributed by atoms with van der Waals surface area (Å²) in [6.07, 6.45) is 0. The van der Waals surface area contributed by atoms with E-state index in [1.165, 1.54) is 0 Å². The van der Waals surface area contributed by atoms with E-state index in [9.17, 15) is 4.79 Å². The molecule has 21 heavy (non-hydrogen) atoms. The Kier molecular flexibility index (Phi) is 4.87.